The van der Waals surface area contributed by atoms with Gasteiger partial charge in [-0.2, -0.15) is 0 Å². The molecule has 0 aromatic rings. The maximum atomic E-state index is 11.2. The highest BCUT2D eigenvalue weighted by molar-refractivity contribution is 6.01. The number of aliphatic hydroxyl groups is 1. The molecule has 1 aliphatic rings. The first kappa shape index (κ1) is 9.06. The van der Waals surface area contributed by atoms with Gasteiger partial charge < -0.3 is 14.6 Å². The molecule has 4 heteroatoms. The van der Waals surface area contributed by atoms with Crippen LogP contribution in [-0.4, -0.2) is 23.3 Å². The fraction of sp³-hybridized carbons (Fsp3) is 0.625. The van der Waals surface area contributed by atoms with Crippen LogP contribution < -0.4 is 0 Å². The first-order valence-corrected chi connectivity index (χ1v) is 3.79. The molecule has 0 aliphatic carbocycles. The summed E-state index contributed by atoms with van der Waals surface area (Å²) in [5.74, 6) is -2.05. The van der Waals surface area contributed by atoms with E-state index < -0.39 is 11.6 Å². The molecule has 1 rings (SSSR count). The molecule has 12 heavy (non-hydrogen) atoms. The summed E-state index contributed by atoms with van der Waals surface area (Å²) in [6.07, 6.45) is 0. The number of carbonyl (C=O) groups excluding carboxylic acids is 1. The van der Waals surface area contributed by atoms with Crippen LogP contribution in [0.4, 0.5) is 0 Å². The highest BCUT2D eigenvalue weighted by Gasteiger charge is 2.43. The normalized spacial score (nSPS) is 29.2. The monoisotopic (exact) mass is 172 g/mol. The zero-order chi connectivity index (χ0) is 9.35. The SMILES string of the molecule is CCOC1=C(C)C(=O)[C@@](C)(O)O1. The molecule has 0 amide bonds. The first-order valence-electron chi connectivity index (χ1n) is 3.79. The number of carbonyl (C=O) groups is 1. The van der Waals surface area contributed by atoms with Crippen LogP contribution in [0.5, 0.6) is 0 Å². The van der Waals surface area contributed by atoms with Crippen molar-refractivity contribution in [1.82, 2.24) is 0 Å². The van der Waals surface area contributed by atoms with E-state index in [4.69, 9.17) is 9.47 Å². The Bertz CT molecular complexity index is 239. The minimum absolute atomic E-state index is 0.132. The third-order valence-corrected chi connectivity index (χ3v) is 1.63. The van der Waals surface area contributed by atoms with E-state index >= 15 is 0 Å². The summed E-state index contributed by atoms with van der Waals surface area (Å²) in [5.41, 5.74) is 0.335. The number of ketones is 1. The van der Waals surface area contributed by atoms with Crippen molar-refractivity contribution in [3.8, 4) is 0 Å². The molecule has 1 N–H and O–H groups in total. The van der Waals surface area contributed by atoms with Crippen LogP contribution in [0.3, 0.4) is 0 Å². The Labute approximate surface area is 70.8 Å². The molecule has 0 aromatic carbocycles. The second kappa shape index (κ2) is 2.79. The van der Waals surface area contributed by atoms with E-state index in [1.54, 1.807) is 13.8 Å². The molecule has 0 saturated carbocycles. The molecule has 0 spiro atoms. The highest BCUT2D eigenvalue weighted by Crippen LogP contribution is 2.28. The summed E-state index contributed by atoms with van der Waals surface area (Å²) < 4.78 is 9.87. The fourth-order valence-electron chi connectivity index (χ4n) is 1.01. The average Bonchev–Trinajstić information content (AvgIpc) is 2.16. The number of ether oxygens (including phenoxy) is 2. The van der Waals surface area contributed by atoms with Gasteiger partial charge in [-0.1, -0.05) is 0 Å². The predicted octanol–water partition coefficient (Wildman–Crippen LogP) is 0.562. The first-order chi connectivity index (χ1) is 5.49. The van der Waals surface area contributed by atoms with Crippen molar-refractivity contribution in [2.75, 3.05) is 6.61 Å². The van der Waals surface area contributed by atoms with Gasteiger partial charge in [-0.15, -0.1) is 0 Å². The second-order valence-electron chi connectivity index (χ2n) is 2.76. The molecule has 0 aromatic heterocycles. The molecular formula is C8H12O4. The molecular weight excluding hydrogens is 160 g/mol. The van der Waals surface area contributed by atoms with Gasteiger partial charge in [0.1, 0.15) is 0 Å². The molecule has 68 valence electrons. The van der Waals surface area contributed by atoms with Crippen LogP contribution in [0.25, 0.3) is 0 Å². The zero-order valence-electron chi connectivity index (χ0n) is 7.38. The third-order valence-electron chi connectivity index (χ3n) is 1.63. The minimum Gasteiger partial charge on any atom is -0.465 e. The lowest BCUT2D eigenvalue weighted by Gasteiger charge is -2.15. The number of Topliss-reactive ketones (excluding diaryl/α,β-unsaturated/α-hetero) is 1. The summed E-state index contributed by atoms with van der Waals surface area (Å²) >= 11 is 0. The molecule has 1 aliphatic heterocycles. The van der Waals surface area contributed by atoms with E-state index in [1.165, 1.54) is 6.92 Å². The molecule has 1 atom stereocenters. The van der Waals surface area contributed by atoms with Crippen molar-refractivity contribution in [1.29, 1.82) is 0 Å². The quantitative estimate of drug-likeness (QED) is 0.661. The van der Waals surface area contributed by atoms with Crippen molar-refractivity contribution < 1.29 is 19.4 Å². The van der Waals surface area contributed by atoms with Gasteiger partial charge in [-0.25, -0.2) is 0 Å². The Balaban J connectivity index is 2.84. The molecule has 0 bridgehead atoms. The molecule has 1 heterocycles. The summed E-state index contributed by atoms with van der Waals surface area (Å²) in [6.45, 7) is 5.05. The maximum Gasteiger partial charge on any atom is 0.289 e. The van der Waals surface area contributed by atoms with Gasteiger partial charge >= 0.3 is 0 Å². The van der Waals surface area contributed by atoms with E-state index in [-0.39, 0.29) is 5.95 Å². The summed E-state index contributed by atoms with van der Waals surface area (Å²) in [5, 5.41) is 9.34. The largest absolute Gasteiger partial charge is 0.465 e. The van der Waals surface area contributed by atoms with Crippen LogP contribution >= 0.6 is 0 Å². The molecule has 0 unspecified atom stereocenters. The number of hydrogen-bond donors (Lipinski definition) is 1. The summed E-state index contributed by atoms with van der Waals surface area (Å²) in [7, 11) is 0. The van der Waals surface area contributed by atoms with Gasteiger partial charge in [0, 0.05) is 6.92 Å². The van der Waals surface area contributed by atoms with Gasteiger partial charge in [0.2, 0.25) is 5.78 Å². The van der Waals surface area contributed by atoms with Crippen molar-refractivity contribution in [3.63, 3.8) is 0 Å². The van der Waals surface area contributed by atoms with Gasteiger partial charge in [-0.05, 0) is 13.8 Å². The topological polar surface area (TPSA) is 55.8 Å². The second-order valence-corrected chi connectivity index (χ2v) is 2.76. The van der Waals surface area contributed by atoms with Crippen LogP contribution in [0, 0.1) is 0 Å². The van der Waals surface area contributed by atoms with E-state index in [1.807, 2.05) is 0 Å². The van der Waals surface area contributed by atoms with Crippen molar-refractivity contribution >= 4 is 5.78 Å². The minimum atomic E-state index is -1.74. The molecule has 0 radical (unpaired) electrons. The summed E-state index contributed by atoms with van der Waals surface area (Å²) in [6, 6.07) is 0. The Morgan fingerprint density at radius 1 is 1.67 bits per heavy atom. The van der Waals surface area contributed by atoms with Gasteiger partial charge in [0.25, 0.3) is 11.7 Å². The Hall–Kier alpha value is -1.03. The smallest absolute Gasteiger partial charge is 0.289 e. The van der Waals surface area contributed by atoms with E-state index in [9.17, 15) is 9.90 Å². The third kappa shape index (κ3) is 1.30. The van der Waals surface area contributed by atoms with E-state index in [0.717, 1.165) is 0 Å². The number of rotatable bonds is 2. The molecule has 0 saturated heterocycles. The lowest BCUT2D eigenvalue weighted by molar-refractivity contribution is -0.183. The van der Waals surface area contributed by atoms with Crippen LogP contribution in [0.1, 0.15) is 20.8 Å². The van der Waals surface area contributed by atoms with Crippen LogP contribution in [-0.2, 0) is 14.3 Å². The van der Waals surface area contributed by atoms with E-state index in [2.05, 4.69) is 0 Å². The standard InChI is InChI=1S/C8H12O4/c1-4-11-7-5(2)6(9)8(3,10)12-7/h10H,4H2,1-3H3/t8-/m0/s1. The fourth-order valence-corrected chi connectivity index (χ4v) is 1.01. The molecule has 4 nitrogen and oxygen atoms in total. The average molecular weight is 172 g/mol. The highest BCUT2D eigenvalue weighted by atomic mass is 16.7. The number of hydrogen-bond acceptors (Lipinski definition) is 4. The summed E-state index contributed by atoms with van der Waals surface area (Å²) in [4.78, 5) is 11.2. The van der Waals surface area contributed by atoms with Gasteiger partial charge in [0.15, 0.2) is 0 Å². The van der Waals surface area contributed by atoms with Gasteiger partial charge in [-0.3, -0.25) is 4.79 Å². The Morgan fingerprint density at radius 3 is 2.58 bits per heavy atom. The lowest BCUT2D eigenvalue weighted by Crippen LogP contribution is -2.32. The predicted molar refractivity (Wildman–Crippen MR) is 41.0 cm³/mol. The molecule has 0 fully saturated rings. The van der Waals surface area contributed by atoms with E-state index in [0.29, 0.717) is 12.2 Å². The van der Waals surface area contributed by atoms with Crippen LogP contribution in [0.15, 0.2) is 11.5 Å². The van der Waals surface area contributed by atoms with Gasteiger partial charge in [0.05, 0.1) is 12.2 Å². The zero-order valence-corrected chi connectivity index (χ0v) is 7.38. The Morgan fingerprint density at radius 2 is 2.25 bits per heavy atom. The lowest BCUT2D eigenvalue weighted by atomic mass is 10.1. The van der Waals surface area contributed by atoms with Crippen molar-refractivity contribution in [2.45, 2.75) is 26.6 Å². The van der Waals surface area contributed by atoms with Crippen molar-refractivity contribution in [3.05, 3.63) is 11.5 Å². The maximum absolute atomic E-state index is 11.2. The van der Waals surface area contributed by atoms with Crippen LogP contribution in [0.2, 0.25) is 0 Å². The van der Waals surface area contributed by atoms with Crippen molar-refractivity contribution in [2.24, 2.45) is 0 Å². The Kier molecular flexibility index (Phi) is 2.10.